The second-order valence-corrected chi connectivity index (χ2v) is 6.02. The third-order valence-electron chi connectivity index (χ3n) is 4.09. The van der Waals surface area contributed by atoms with Crippen molar-refractivity contribution in [1.82, 2.24) is 5.43 Å². The van der Waals surface area contributed by atoms with Crippen molar-refractivity contribution in [3.8, 4) is 0 Å². The van der Waals surface area contributed by atoms with Crippen LogP contribution in [0.25, 0.3) is 0 Å². The van der Waals surface area contributed by atoms with E-state index in [4.69, 9.17) is 0 Å². The Morgan fingerprint density at radius 2 is 1.84 bits per heavy atom. The van der Waals surface area contributed by atoms with Crippen LogP contribution in [0.3, 0.4) is 0 Å². The van der Waals surface area contributed by atoms with Crippen LogP contribution in [0.15, 0.2) is 47.6 Å². The minimum Gasteiger partial charge on any atom is -0.308 e. The molecule has 3 rings (SSSR count). The zero-order chi connectivity index (χ0) is 17.8. The molecule has 0 unspecified atom stereocenters. The first-order chi connectivity index (χ1) is 12.0. The van der Waals surface area contributed by atoms with Gasteiger partial charge < -0.3 is 10.6 Å². The summed E-state index contributed by atoms with van der Waals surface area (Å²) in [6.07, 6.45) is 1.06. The number of carbonyl (C=O) groups is 2. The van der Waals surface area contributed by atoms with Gasteiger partial charge in [0.2, 0.25) is 5.91 Å². The summed E-state index contributed by atoms with van der Waals surface area (Å²) < 4.78 is 0. The molecule has 0 radical (unpaired) electrons. The highest BCUT2D eigenvalue weighted by Crippen LogP contribution is 2.20. The highest BCUT2D eigenvalue weighted by Gasteiger charge is 2.15. The molecule has 6 heteroatoms. The normalized spacial score (nSPS) is 13.7. The molecule has 0 aromatic heterocycles. The average Bonchev–Trinajstić information content (AvgIpc) is 2.58. The molecule has 2 aromatic rings. The second-order valence-electron chi connectivity index (χ2n) is 6.02. The Morgan fingerprint density at radius 3 is 2.52 bits per heavy atom. The minimum atomic E-state index is -0.288. The standard InChI is InChI=1S/C19H20N4O2/c1-12-5-3-4-6-16(12)21-19(25)20-14-7-8-15(13(2)11-14)17-9-10-18(24)23-22-17/h3-8,11H,9-10H2,1-2H3,(H,23,24)(H2,20,21,25). The largest absolute Gasteiger partial charge is 0.323 e. The molecule has 6 nitrogen and oxygen atoms in total. The van der Waals surface area contributed by atoms with Crippen LogP contribution in [-0.4, -0.2) is 17.6 Å². The van der Waals surface area contributed by atoms with Gasteiger partial charge in [0, 0.05) is 29.8 Å². The van der Waals surface area contributed by atoms with Crippen LogP contribution in [0.2, 0.25) is 0 Å². The lowest BCUT2D eigenvalue weighted by Gasteiger charge is -2.15. The van der Waals surface area contributed by atoms with E-state index in [2.05, 4.69) is 21.2 Å². The third-order valence-corrected chi connectivity index (χ3v) is 4.09. The number of aryl methyl sites for hydroxylation is 2. The fourth-order valence-electron chi connectivity index (χ4n) is 2.73. The number of hydrazone groups is 1. The fourth-order valence-corrected chi connectivity index (χ4v) is 2.73. The van der Waals surface area contributed by atoms with Gasteiger partial charge in [0.05, 0.1) is 5.71 Å². The van der Waals surface area contributed by atoms with Crippen molar-refractivity contribution in [2.75, 3.05) is 10.6 Å². The molecule has 1 aliphatic heterocycles. The van der Waals surface area contributed by atoms with Gasteiger partial charge in [-0.2, -0.15) is 5.10 Å². The highest BCUT2D eigenvalue weighted by atomic mass is 16.2. The molecular weight excluding hydrogens is 316 g/mol. The first-order valence-electron chi connectivity index (χ1n) is 8.13. The summed E-state index contributed by atoms with van der Waals surface area (Å²) in [4.78, 5) is 23.4. The molecular formula is C19H20N4O2. The maximum Gasteiger partial charge on any atom is 0.323 e. The van der Waals surface area contributed by atoms with Crippen molar-refractivity contribution in [2.45, 2.75) is 26.7 Å². The Bertz CT molecular complexity index is 858. The number of para-hydroxylation sites is 1. The topological polar surface area (TPSA) is 82.6 Å². The fraction of sp³-hybridized carbons (Fsp3) is 0.211. The highest BCUT2D eigenvalue weighted by molar-refractivity contribution is 6.06. The van der Waals surface area contributed by atoms with Crippen LogP contribution in [0.1, 0.15) is 29.5 Å². The van der Waals surface area contributed by atoms with Crippen LogP contribution in [0.4, 0.5) is 16.2 Å². The second kappa shape index (κ2) is 7.17. The number of amides is 3. The summed E-state index contributed by atoms with van der Waals surface area (Å²) in [5.41, 5.74) is 7.81. The third kappa shape index (κ3) is 4.03. The van der Waals surface area contributed by atoms with Crippen LogP contribution >= 0.6 is 0 Å². The molecule has 1 heterocycles. The molecule has 0 bridgehead atoms. The van der Waals surface area contributed by atoms with Crippen LogP contribution in [-0.2, 0) is 4.79 Å². The number of urea groups is 1. The smallest absolute Gasteiger partial charge is 0.308 e. The molecule has 25 heavy (non-hydrogen) atoms. The SMILES string of the molecule is Cc1ccccc1NC(=O)Nc1ccc(C2=NNC(=O)CC2)c(C)c1. The summed E-state index contributed by atoms with van der Waals surface area (Å²) in [6, 6.07) is 13.0. The molecule has 128 valence electrons. The molecule has 3 N–H and O–H groups in total. The number of hydrogen-bond donors (Lipinski definition) is 3. The van der Waals surface area contributed by atoms with Gasteiger partial charge in [0.25, 0.3) is 0 Å². The molecule has 0 aliphatic carbocycles. The van der Waals surface area contributed by atoms with E-state index in [1.807, 2.05) is 56.3 Å². The van der Waals surface area contributed by atoms with Crippen LogP contribution < -0.4 is 16.1 Å². The summed E-state index contributed by atoms with van der Waals surface area (Å²) in [5, 5.41) is 9.79. The summed E-state index contributed by atoms with van der Waals surface area (Å²) in [7, 11) is 0. The zero-order valence-corrected chi connectivity index (χ0v) is 14.2. The van der Waals surface area contributed by atoms with Gasteiger partial charge in [-0.1, -0.05) is 24.3 Å². The number of nitrogens with zero attached hydrogens (tertiary/aromatic N) is 1. The van der Waals surface area contributed by atoms with Gasteiger partial charge in [-0.25, -0.2) is 10.2 Å². The number of anilines is 2. The number of rotatable bonds is 3. The van der Waals surface area contributed by atoms with Crippen molar-refractivity contribution in [3.05, 3.63) is 59.2 Å². The molecule has 0 fully saturated rings. The van der Waals surface area contributed by atoms with E-state index in [-0.39, 0.29) is 11.9 Å². The van der Waals surface area contributed by atoms with E-state index < -0.39 is 0 Å². The molecule has 0 saturated heterocycles. The number of nitrogens with one attached hydrogen (secondary N) is 3. The molecule has 2 aromatic carbocycles. The Labute approximate surface area is 146 Å². The van der Waals surface area contributed by atoms with Crippen molar-refractivity contribution in [3.63, 3.8) is 0 Å². The lowest BCUT2D eigenvalue weighted by Crippen LogP contribution is -2.26. The number of benzene rings is 2. The zero-order valence-electron chi connectivity index (χ0n) is 14.2. The number of hydrogen-bond acceptors (Lipinski definition) is 3. The first-order valence-corrected chi connectivity index (χ1v) is 8.13. The van der Waals surface area contributed by atoms with Gasteiger partial charge >= 0.3 is 6.03 Å². The van der Waals surface area contributed by atoms with E-state index in [0.29, 0.717) is 18.5 Å². The Kier molecular flexibility index (Phi) is 4.79. The summed E-state index contributed by atoms with van der Waals surface area (Å²) in [6.45, 7) is 3.90. The molecule has 0 atom stereocenters. The van der Waals surface area contributed by atoms with Crippen molar-refractivity contribution in [1.29, 1.82) is 0 Å². The lowest BCUT2D eigenvalue weighted by molar-refractivity contribution is -0.121. The van der Waals surface area contributed by atoms with E-state index in [1.165, 1.54) is 0 Å². The van der Waals surface area contributed by atoms with Gasteiger partial charge in [-0.3, -0.25) is 4.79 Å². The minimum absolute atomic E-state index is 0.0624. The average molecular weight is 336 g/mol. The van der Waals surface area contributed by atoms with Gasteiger partial charge in [0.15, 0.2) is 0 Å². The predicted octanol–water partition coefficient (Wildman–Crippen LogP) is 3.56. The number of carbonyl (C=O) groups excluding carboxylic acids is 2. The molecule has 3 amide bonds. The van der Waals surface area contributed by atoms with Crippen molar-refractivity contribution >= 4 is 29.0 Å². The monoisotopic (exact) mass is 336 g/mol. The summed E-state index contributed by atoms with van der Waals surface area (Å²) >= 11 is 0. The van der Waals surface area contributed by atoms with Gasteiger partial charge in [-0.15, -0.1) is 0 Å². The van der Waals surface area contributed by atoms with Crippen LogP contribution in [0, 0.1) is 13.8 Å². The van der Waals surface area contributed by atoms with E-state index in [1.54, 1.807) is 0 Å². The molecule has 1 aliphatic rings. The van der Waals surface area contributed by atoms with E-state index >= 15 is 0 Å². The maximum absolute atomic E-state index is 12.2. The maximum atomic E-state index is 12.2. The first kappa shape index (κ1) is 16.7. The van der Waals surface area contributed by atoms with Gasteiger partial charge in [-0.05, 0) is 43.2 Å². The lowest BCUT2D eigenvalue weighted by atomic mass is 9.99. The van der Waals surface area contributed by atoms with Crippen molar-refractivity contribution in [2.24, 2.45) is 5.10 Å². The quantitative estimate of drug-likeness (QED) is 0.801. The van der Waals surface area contributed by atoms with E-state index in [9.17, 15) is 9.59 Å². The summed E-state index contributed by atoms with van der Waals surface area (Å²) in [5.74, 6) is -0.0624. The van der Waals surface area contributed by atoms with Crippen molar-refractivity contribution < 1.29 is 9.59 Å². The van der Waals surface area contributed by atoms with E-state index in [0.717, 1.165) is 28.1 Å². The van der Waals surface area contributed by atoms with Crippen LogP contribution in [0.5, 0.6) is 0 Å². The van der Waals surface area contributed by atoms with Gasteiger partial charge in [0.1, 0.15) is 0 Å². The molecule has 0 saturated carbocycles. The predicted molar refractivity (Wildman–Crippen MR) is 98.9 cm³/mol. The Morgan fingerprint density at radius 1 is 1.04 bits per heavy atom. The Hall–Kier alpha value is -3.15. The Balaban J connectivity index is 1.70. The molecule has 0 spiro atoms.